The number of aryl methyl sites for hydroxylation is 1. The predicted molar refractivity (Wildman–Crippen MR) is 74.2 cm³/mol. The zero-order valence-corrected chi connectivity index (χ0v) is 11.3. The van der Waals surface area contributed by atoms with Crippen LogP contribution in [0, 0.1) is 6.92 Å². The third-order valence-corrected chi connectivity index (χ3v) is 3.44. The van der Waals surface area contributed by atoms with Crippen LogP contribution in [-0.2, 0) is 6.54 Å². The van der Waals surface area contributed by atoms with Crippen molar-refractivity contribution in [3.63, 3.8) is 0 Å². The molecule has 18 heavy (non-hydrogen) atoms. The molecule has 0 spiro atoms. The molecular weight excluding hydrogens is 270 g/mol. The van der Waals surface area contributed by atoms with E-state index in [0.717, 1.165) is 10.6 Å². The van der Waals surface area contributed by atoms with Gasteiger partial charge in [-0.1, -0.05) is 23.7 Å². The Morgan fingerprint density at radius 3 is 3.00 bits per heavy atom. The summed E-state index contributed by atoms with van der Waals surface area (Å²) in [7, 11) is 0. The predicted octanol–water partition coefficient (Wildman–Crippen LogP) is 3.43. The van der Waals surface area contributed by atoms with Crippen molar-refractivity contribution in [2.24, 2.45) is 0 Å². The molecule has 2 aromatic rings. The maximum atomic E-state index is 11.7. The van der Waals surface area contributed by atoms with Gasteiger partial charge in [0.1, 0.15) is 5.01 Å². The van der Waals surface area contributed by atoms with E-state index < -0.39 is 0 Å². The van der Waals surface area contributed by atoms with Crippen LogP contribution in [0.4, 0.5) is 10.5 Å². The Balaban J connectivity index is 1.95. The molecule has 0 bridgehead atoms. The monoisotopic (exact) mass is 281 g/mol. The number of halogens is 1. The number of carbonyl (C=O) groups excluding carboxylic acids is 1. The van der Waals surface area contributed by atoms with Gasteiger partial charge in [-0.2, -0.15) is 0 Å². The van der Waals surface area contributed by atoms with Crippen LogP contribution in [0.5, 0.6) is 0 Å². The van der Waals surface area contributed by atoms with E-state index in [4.69, 9.17) is 11.6 Å². The third-order valence-electron chi connectivity index (χ3n) is 2.34. The first-order valence-corrected chi connectivity index (χ1v) is 6.61. The molecule has 4 nitrogen and oxygen atoms in total. The van der Waals surface area contributed by atoms with Gasteiger partial charge in [0.05, 0.1) is 17.3 Å². The van der Waals surface area contributed by atoms with Gasteiger partial charge in [0.15, 0.2) is 0 Å². The van der Waals surface area contributed by atoms with Gasteiger partial charge < -0.3 is 10.6 Å². The summed E-state index contributed by atoms with van der Waals surface area (Å²) >= 11 is 7.52. The number of benzene rings is 1. The number of urea groups is 1. The van der Waals surface area contributed by atoms with Crippen molar-refractivity contribution < 1.29 is 4.79 Å². The molecule has 0 aliphatic carbocycles. The van der Waals surface area contributed by atoms with E-state index >= 15 is 0 Å². The zero-order valence-electron chi connectivity index (χ0n) is 9.74. The Hall–Kier alpha value is -1.59. The summed E-state index contributed by atoms with van der Waals surface area (Å²) in [6, 6.07) is 5.19. The van der Waals surface area contributed by atoms with Crippen molar-refractivity contribution >= 4 is 34.7 Å². The smallest absolute Gasteiger partial charge is 0.319 e. The Bertz CT molecular complexity index is 522. The van der Waals surface area contributed by atoms with Crippen molar-refractivity contribution in [1.82, 2.24) is 10.3 Å². The molecular formula is C12H12ClN3OS. The van der Waals surface area contributed by atoms with E-state index in [1.54, 1.807) is 12.3 Å². The second-order valence-electron chi connectivity index (χ2n) is 3.67. The number of anilines is 1. The van der Waals surface area contributed by atoms with Crippen LogP contribution >= 0.6 is 22.9 Å². The van der Waals surface area contributed by atoms with Crippen molar-refractivity contribution in [2.45, 2.75) is 13.5 Å². The van der Waals surface area contributed by atoms with Gasteiger partial charge in [0, 0.05) is 11.6 Å². The summed E-state index contributed by atoms with van der Waals surface area (Å²) in [5, 5.41) is 8.72. The van der Waals surface area contributed by atoms with Crippen LogP contribution in [0.25, 0.3) is 0 Å². The van der Waals surface area contributed by atoms with Crippen molar-refractivity contribution in [3.05, 3.63) is 45.4 Å². The highest BCUT2D eigenvalue weighted by molar-refractivity contribution is 7.09. The minimum Gasteiger partial charge on any atom is -0.331 e. The lowest BCUT2D eigenvalue weighted by Crippen LogP contribution is -2.28. The van der Waals surface area contributed by atoms with Gasteiger partial charge in [-0.05, 0) is 18.6 Å². The lowest BCUT2D eigenvalue weighted by molar-refractivity contribution is 0.251. The highest BCUT2D eigenvalue weighted by atomic mass is 35.5. The van der Waals surface area contributed by atoms with E-state index in [0.29, 0.717) is 17.3 Å². The number of aromatic nitrogens is 1. The fourth-order valence-electron chi connectivity index (χ4n) is 1.44. The molecule has 0 fully saturated rings. The second-order valence-corrected chi connectivity index (χ2v) is 5.05. The summed E-state index contributed by atoms with van der Waals surface area (Å²) in [5.74, 6) is 0. The van der Waals surface area contributed by atoms with Gasteiger partial charge in [0.2, 0.25) is 0 Å². The van der Waals surface area contributed by atoms with Crippen LogP contribution in [0.1, 0.15) is 10.6 Å². The summed E-state index contributed by atoms with van der Waals surface area (Å²) in [6.45, 7) is 2.30. The van der Waals surface area contributed by atoms with Crippen LogP contribution in [0.15, 0.2) is 29.8 Å². The number of hydrogen-bond donors (Lipinski definition) is 2. The van der Waals surface area contributed by atoms with E-state index in [2.05, 4.69) is 15.6 Å². The van der Waals surface area contributed by atoms with Gasteiger partial charge in [0.25, 0.3) is 0 Å². The molecule has 2 rings (SSSR count). The van der Waals surface area contributed by atoms with E-state index in [9.17, 15) is 4.79 Å². The molecule has 1 aromatic carbocycles. The largest absolute Gasteiger partial charge is 0.331 e. The maximum absolute atomic E-state index is 11.7. The molecule has 94 valence electrons. The van der Waals surface area contributed by atoms with E-state index in [1.807, 2.05) is 24.4 Å². The molecule has 0 unspecified atom stereocenters. The van der Waals surface area contributed by atoms with E-state index in [1.165, 1.54) is 11.3 Å². The molecule has 2 N–H and O–H groups in total. The van der Waals surface area contributed by atoms with Gasteiger partial charge in [-0.25, -0.2) is 9.78 Å². The zero-order chi connectivity index (χ0) is 13.0. The van der Waals surface area contributed by atoms with Gasteiger partial charge in [-0.3, -0.25) is 0 Å². The van der Waals surface area contributed by atoms with Crippen molar-refractivity contribution in [1.29, 1.82) is 0 Å². The quantitative estimate of drug-likeness (QED) is 0.906. The molecule has 1 heterocycles. The van der Waals surface area contributed by atoms with Gasteiger partial charge in [-0.15, -0.1) is 11.3 Å². The SMILES string of the molecule is Cc1cccc(Cl)c1NC(=O)NCc1nccs1. The first-order valence-electron chi connectivity index (χ1n) is 5.35. The normalized spacial score (nSPS) is 10.1. The summed E-state index contributed by atoms with van der Waals surface area (Å²) in [6.07, 6.45) is 1.71. The molecule has 6 heteroatoms. The first kappa shape index (κ1) is 12.9. The Kier molecular flexibility index (Phi) is 4.17. The summed E-state index contributed by atoms with van der Waals surface area (Å²) in [4.78, 5) is 15.8. The van der Waals surface area contributed by atoms with Crippen LogP contribution < -0.4 is 10.6 Å². The summed E-state index contributed by atoms with van der Waals surface area (Å²) in [5.41, 5.74) is 1.56. The lowest BCUT2D eigenvalue weighted by Gasteiger charge is -2.10. The number of para-hydroxylation sites is 1. The average molecular weight is 282 g/mol. The minimum absolute atomic E-state index is 0.290. The highest BCUT2D eigenvalue weighted by Gasteiger charge is 2.08. The lowest BCUT2D eigenvalue weighted by atomic mass is 10.2. The standard InChI is InChI=1S/C12H12ClN3OS/c1-8-3-2-4-9(13)11(8)16-12(17)15-7-10-14-5-6-18-10/h2-6H,7H2,1H3,(H2,15,16,17). The third kappa shape index (κ3) is 3.21. The second kappa shape index (κ2) is 5.84. The topological polar surface area (TPSA) is 54.0 Å². The molecule has 0 radical (unpaired) electrons. The minimum atomic E-state index is -0.290. The molecule has 2 amide bonds. The van der Waals surface area contributed by atoms with Crippen molar-refractivity contribution in [3.8, 4) is 0 Å². The molecule has 0 saturated carbocycles. The average Bonchev–Trinajstić information content (AvgIpc) is 2.84. The van der Waals surface area contributed by atoms with Crippen LogP contribution in [0.3, 0.4) is 0 Å². The fourth-order valence-corrected chi connectivity index (χ4v) is 2.27. The molecule has 0 saturated heterocycles. The number of carbonyl (C=O) groups is 1. The van der Waals surface area contributed by atoms with Gasteiger partial charge >= 0.3 is 6.03 Å². The Morgan fingerprint density at radius 2 is 2.33 bits per heavy atom. The van der Waals surface area contributed by atoms with E-state index in [-0.39, 0.29) is 6.03 Å². The number of amides is 2. The highest BCUT2D eigenvalue weighted by Crippen LogP contribution is 2.24. The molecule has 0 aliphatic heterocycles. The number of nitrogens with zero attached hydrogens (tertiary/aromatic N) is 1. The number of thiazole rings is 1. The van der Waals surface area contributed by atoms with Crippen LogP contribution in [0.2, 0.25) is 5.02 Å². The van der Waals surface area contributed by atoms with Crippen molar-refractivity contribution in [2.75, 3.05) is 5.32 Å². The fraction of sp³-hybridized carbons (Fsp3) is 0.167. The number of hydrogen-bond acceptors (Lipinski definition) is 3. The van der Waals surface area contributed by atoms with Crippen LogP contribution in [-0.4, -0.2) is 11.0 Å². The first-order chi connectivity index (χ1) is 8.66. The summed E-state index contributed by atoms with van der Waals surface area (Å²) < 4.78 is 0. The Labute approximate surface area is 114 Å². The molecule has 0 aliphatic rings. The number of nitrogens with one attached hydrogen (secondary N) is 2. The molecule has 1 aromatic heterocycles. The molecule has 0 atom stereocenters. The maximum Gasteiger partial charge on any atom is 0.319 e. The number of rotatable bonds is 3. The Morgan fingerprint density at radius 1 is 1.50 bits per heavy atom.